The summed E-state index contributed by atoms with van der Waals surface area (Å²) in [6.45, 7) is 3.88. The minimum absolute atomic E-state index is 0.0509. The molecule has 0 heterocycles. The summed E-state index contributed by atoms with van der Waals surface area (Å²) >= 11 is 0. The van der Waals surface area contributed by atoms with Crippen LogP contribution in [0, 0.1) is 0 Å². The number of nitrogens with two attached hydrogens (primary N) is 1. The van der Waals surface area contributed by atoms with Crippen molar-refractivity contribution in [2.75, 3.05) is 7.11 Å². The van der Waals surface area contributed by atoms with Gasteiger partial charge < -0.3 is 15.6 Å². The Hall–Kier alpha value is -1.55. The van der Waals surface area contributed by atoms with Gasteiger partial charge in [-0.1, -0.05) is 12.1 Å². The van der Waals surface area contributed by atoms with Crippen LogP contribution in [0.3, 0.4) is 0 Å². The molecule has 4 heteroatoms. The number of hydrogen-bond donors (Lipinski definition) is 2. The molecule has 1 aromatic rings. The maximum atomic E-state index is 9.08. The topological polar surface area (TPSA) is 67.8 Å². The molecule has 0 aliphatic carbocycles. The SMILES string of the molecule is COc1cc(C(N)=NC(C)C)ccc1CO. The lowest BCUT2D eigenvalue weighted by molar-refractivity contribution is 0.274. The first kappa shape index (κ1) is 12.5. The van der Waals surface area contributed by atoms with Crippen LogP contribution in [0.15, 0.2) is 23.2 Å². The highest BCUT2D eigenvalue weighted by atomic mass is 16.5. The predicted octanol–water partition coefficient (Wildman–Crippen LogP) is 1.30. The molecule has 0 bridgehead atoms. The summed E-state index contributed by atoms with van der Waals surface area (Å²) in [5, 5.41) is 9.08. The lowest BCUT2D eigenvalue weighted by atomic mass is 10.1. The third-order valence-electron chi connectivity index (χ3n) is 2.15. The zero-order valence-electron chi connectivity index (χ0n) is 9.90. The minimum atomic E-state index is -0.0509. The second-order valence-electron chi connectivity index (χ2n) is 3.79. The van der Waals surface area contributed by atoms with E-state index in [2.05, 4.69) is 4.99 Å². The fraction of sp³-hybridized carbons (Fsp3) is 0.417. The van der Waals surface area contributed by atoms with Gasteiger partial charge in [-0.25, -0.2) is 0 Å². The highest BCUT2D eigenvalue weighted by molar-refractivity contribution is 5.98. The van der Waals surface area contributed by atoms with Crippen LogP contribution in [0.25, 0.3) is 0 Å². The number of aliphatic hydroxyl groups is 1. The largest absolute Gasteiger partial charge is 0.496 e. The smallest absolute Gasteiger partial charge is 0.126 e. The Balaban J connectivity index is 3.08. The highest BCUT2D eigenvalue weighted by Crippen LogP contribution is 2.20. The van der Waals surface area contributed by atoms with E-state index < -0.39 is 0 Å². The van der Waals surface area contributed by atoms with E-state index in [1.165, 1.54) is 0 Å². The van der Waals surface area contributed by atoms with Crippen molar-refractivity contribution in [2.45, 2.75) is 26.5 Å². The van der Waals surface area contributed by atoms with Crippen LogP contribution >= 0.6 is 0 Å². The summed E-state index contributed by atoms with van der Waals surface area (Å²) in [7, 11) is 1.56. The molecule has 88 valence electrons. The number of nitrogens with zero attached hydrogens (tertiary/aromatic N) is 1. The molecule has 0 fully saturated rings. The zero-order chi connectivity index (χ0) is 12.1. The van der Waals surface area contributed by atoms with Crippen molar-refractivity contribution in [1.82, 2.24) is 0 Å². The van der Waals surface area contributed by atoms with Crippen molar-refractivity contribution in [3.8, 4) is 5.75 Å². The van der Waals surface area contributed by atoms with E-state index in [9.17, 15) is 0 Å². The molecule has 1 aromatic carbocycles. The molecule has 0 radical (unpaired) electrons. The van der Waals surface area contributed by atoms with Gasteiger partial charge in [0.25, 0.3) is 0 Å². The normalized spacial score (nSPS) is 11.9. The quantitative estimate of drug-likeness (QED) is 0.596. The summed E-state index contributed by atoms with van der Waals surface area (Å²) < 4.78 is 5.16. The number of benzene rings is 1. The van der Waals surface area contributed by atoms with E-state index in [1.54, 1.807) is 19.2 Å². The van der Waals surface area contributed by atoms with Gasteiger partial charge in [-0.3, -0.25) is 4.99 Å². The molecule has 0 aliphatic rings. The lowest BCUT2D eigenvalue weighted by Gasteiger charge is -2.09. The van der Waals surface area contributed by atoms with Crippen molar-refractivity contribution in [1.29, 1.82) is 0 Å². The molecule has 0 saturated carbocycles. The first-order chi connectivity index (χ1) is 7.58. The van der Waals surface area contributed by atoms with Gasteiger partial charge in [0.05, 0.1) is 13.7 Å². The van der Waals surface area contributed by atoms with Crippen molar-refractivity contribution >= 4 is 5.84 Å². The number of methoxy groups -OCH3 is 1. The summed E-state index contributed by atoms with van der Waals surface area (Å²) in [6.07, 6.45) is 0. The van der Waals surface area contributed by atoms with E-state index in [-0.39, 0.29) is 12.6 Å². The van der Waals surface area contributed by atoms with Crippen molar-refractivity contribution < 1.29 is 9.84 Å². The molecule has 0 atom stereocenters. The summed E-state index contributed by atoms with van der Waals surface area (Å²) in [4.78, 5) is 4.25. The third-order valence-corrected chi connectivity index (χ3v) is 2.15. The number of aliphatic imine (C=N–C) groups is 1. The molecule has 0 aromatic heterocycles. The molecule has 3 N–H and O–H groups in total. The number of hydrogen-bond acceptors (Lipinski definition) is 3. The first-order valence-corrected chi connectivity index (χ1v) is 5.20. The molecular weight excluding hydrogens is 204 g/mol. The van der Waals surface area contributed by atoms with E-state index in [0.29, 0.717) is 11.6 Å². The standard InChI is InChI=1S/C12H18N2O2/c1-8(2)14-12(13)9-4-5-10(7-15)11(6-9)16-3/h4-6,8,15H,7H2,1-3H3,(H2,13,14). The van der Waals surface area contributed by atoms with Gasteiger partial charge in [0.15, 0.2) is 0 Å². The van der Waals surface area contributed by atoms with Gasteiger partial charge in [-0.05, 0) is 19.9 Å². The number of rotatable bonds is 4. The molecule has 0 spiro atoms. The monoisotopic (exact) mass is 222 g/mol. The third kappa shape index (κ3) is 2.97. The summed E-state index contributed by atoms with van der Waals surface area (Å²) in [5.41, 5.74) is 7.39. The predicted molar refractivity (Wildman–Crippen MR) is 64.8 cm³/mol. The van der Waals surface area contributed by atoms with Gasteiger partial charge in [0.1, 0.15) is 11.6 Å². The second-order valence-corrected chi connectivity index (χ2v) is 3.79. The summed E-state index contributed by atoms with van der Waals surface area (Å²) in [5.74, 6) is 1.11. The molecular formula is C12H18N2O2. The van der Waals surface area contributed by atoms with Crippen molar-refractivity contribution in [3.63, 3.8) is 0 Å². The van der Waals surface area contributed by atoms with Gasteiger partial charge in [-0.2, -0.15) is 0 Å². The first-order valence-electron chi connectivity index (χ1n) is 5.20. The summed E-state index contributed by atoms with van der Waals surface area (Å²) in [6, 6.07) is 5.56. The fourth-order valence-corrected chi connectivity index (χ4v) is 1.39. The Labute approximate surface area is 95.8 Å². The molecule has 0 unspecified atom stereocenters. The fourth-order valence-electron chi connectivity index (χ4n) is 1.39. The number of ether oxygens (including phenoxy) is 1. The number of amidine groups is 1. The van der Waals surface area contributed by atoms with Crippen molar-refractivity contribution in [2.24, 2.45) is 10.7 Å². The van der Waals surface area contributed by atoms with Crippen LogP contribution in [0.1, 0.15) is 25.0 Å². The Morgan fingerprint density at radius 1 is 1.50 bits per heavy atom. The number of aliphatic hydroxyl groups excluding tert-OH is 1. The van der Waals surface area contributed by atoms with Gasteiger partial charge in [0.2, 0.25) is 0 Å². The Bertz CT molecular complexity index is 387. The molecule has 0 aliphatic heterocycles. The second kappa shape index (κ2) is 5.51. The Morgan fingerprint density at radius 3 is 2.69 bits per heavy atom. The maximum absolute atomic E-state index is 9.08. The molecule has 16 heavy (non-hydrogen) atoms. The zero-order valence-corrected chi connectivity index (χ0v) is 9.90. The van der Waals surface area contributed by atoms with Crippen LogP contribution in [-0.4, -0.2) is 24.1 Å². The van der Waals surface area contributed by atoms with Gasteiger partial charge in [0, 0.05) is 17.2 Å². The molecule has 0 saturated heterocycles. The highest BCUT2D eigenvalue weighted by Gasteiger charge is 2.06. The Kier molecular flexibility index (Phi) is 4.31. The van der Waals surface area contributed by atoms with Crippen LogP contribution in [-0.2, 0) is 6.61 Å². The van der Waals surface area contributed by atoms with Crippen LogP contribution in [0.2, 0.25) is 0 Å². The average Bonchev–Trinajstić information content (AvgIpc) is 2.27. The molecule has 4 nitrogen and oxygen atoms in total. The van der Waals surface area contributed by atoms with Crippen LogP contribution < -0.4 is 10.5 Å². The Morgan fingerprint density at radius 2 is 2.19 bits per heavy atom. The van der Waals surface area contributed by atoms with Gasteiger partial charge in [-0.15, -0.1) is 0 Å². The van der Waals surface area contributed by atoms with E-state index in [0.717, 1.165) is 11.1 Å². The van der Waals surface area contributed by atoms with Crippen LogP contribution in [0.5, 0.6) is 5.75 Å². The van der Waals surface area contributed by atoms with E-state index in [1.807, 2.05) is 19.9 Å². The average molecular weight is 222 g/mol. The van der Waals surface area contributed by atoms with E-state index >= 15 is 0 Å². The van der Waals surface area contributed by atoms with E-state index in [4.69, 9.17) is 15.6 Å². The molecule has 1 rings (SSSR count). The van der Waals surface area contributed by atoms with Gasteiger partial charge >= 0.3 is 0 Å². The lowest BCUT2D eigenvalue weighted by Crippen LogP contribution is -2.16. The maximum Gasteiger partial charge on any atom is 0.126 e. The minimum Gasteiger partial charge on any atom is -0.496 e. The van der Waals surface area contributed by atoms with Crippen LogP contribution in [0.4, 0.5) is 0 Å². The molecule has 0 amide bonds. The van der Waals surface area contributed by atoms with Crippen molar-refractivity contribution in [3.05, 3.63) is 29.3 Å².